The standard InChI is InChI=1S/C17H16FNO6/c18-10-3-4-13(24-9-11-2-1-7-23-11)12(8-10)19-16(20)14-5-6-15(25-14)17(21)22/h3-6,8,11H,1-2,7,9H2,(H,19,20)(H,21,22). The minimum Gasteiger partial charge on any atom is -0.489 e. The minimum atomic E-state index is -1.29. The molecule has 1 aliphatic rings. The second kappa shape index (κ2) is 7.35. The molecule has 0 spiro atoms. The fourth-order valence-corrected chi connectivity index (χ4v) is 2.44. The summed E-state index contributed by atoms with van der Waals surface area (Å²) in [4.78, 5) is 23.0. The summed E-state index contributed by atoms with van der Waals surface area (Å²) in [6.45, 7) is 0.976. The first-order chi connectivity index (χ1) is 12.0. The normalized spacial score (nSPS) is 16.6. The third-order valence-electron chi connectivity index (χ3n) is 3.68. The first-order valence-corrected chi connectivity index (χ1v) is 7.71. The van der Waals surface area contributed by atoms with Crippen molar-refractivity contribution in [2.75, 3.05) is 18.5 Å². The third-order valence-corrected chi connectivity index (χ3v) is 3.68. The van der Waals surface area contributed by atoms with Gasteiger partial charge in [-0.15, -0.1) is 0 Å². The zero-order chi connectivity index (χ0) is 17.8. The molecular formula is C17H16FNO6. The van der Waals surface area contributed by atoms with E-state index in [9.17, 15) is 14.0 Å². The molecule has 1 amide bonds. The molecule has 0 saturated carbocycles. The molecule has 1 aromatic carbocycles. The lowest BCUT2D eigenvalue weighted by Gasteiger charge is -2.15. The number of anilines is 1. The summed E-state index contributed by atoms with van der Waals surface area (Å²) < 4.78 is 29.5. The number of hydrogen-bond donors (Lipinski definition) is 2. The molecular weight excluding hydrogens is 333 g/mol. The Morgan fingerprint density at radius 2 is 2.08 bits per heavy atom. The summed E-state index contributed by atoms with van der Waals surface area (Å²) in [5.74, 6) is -2.82. The molecule has 8 heteroatoms. The lowest BCUT2D eigenvalue weighted by atomic mass is 10.2. The van der Waals surface area contributed by atoms with E-state index < -0.39 is 17.7 Å². The molecule has 1 saturated heterocycles. The molecule has 1 atom stereocenters. The number of hydrogen-bond acceptors (Lipinski definition) is 5. The van der Waals surface area contributed by atoms with Crippen molar-refractivity contribution >= 4 is 17.6 Å². The van der Waals surface area contributed by atoms with Crippen molar-refractivity contribution < 1.29 is 33.0 Å². The number of nitrogens with one attached hydrogen (secondary N) is 1. The fraction of sp³-hybridized carbons (Fsp3) is 0.294. The highest BCUT2D eigenvalue weighted by Gasteiger charge is 2.19. The largest absolute Gasteiger partial charge is 0.489 e. The van der Waals surface area contributed by atoms with Crippen molar-refractivity contribution in [2.24, 2.45) is 0 Å². The van der Waals surface area contributed by atoms with Gasteiger partial charge in [-0.1, -0.05) is 0 Å². The molecule has 3 rings (SSSR count). The van der Waals surface area contributed by atoms with Crippen LogP contribution in [0.4, 0.5) is 10.1 Å². The van der Waals surface area contributed by atoms with Gasteiger partial charge >= 0.3 is 5.97 Å². The summed E-state index contributed by atoms with van der Waals surface area (Å²) in [5, 5.41) is 11.3. The van der Waals surface area contributed by atoms with E-state index in [2.05, 4.69) is 5.32 Å². The summed E-state index contributed by atoms with van der Waals surface area (Å²) in [7, 11) is 0. The topological polar surface area (TPSA) is 98.0 Å². The Bertz CT molecular complexity index is 781. The Morgan fingerprint density at radius 1 is 1.28 bits per heavy atom. The smallest absolute Gasteiger partial charge is 0.371 e. The maximum atomic E-state index is 13.5. The van der Waals surface area contributed by atoms with Gasteiger partial charge in [-0.25, -0.2) is 9.18 Å². The van der Waals surface area contributed by atoms with Gasteiger partial charge < -0.3 is 24.3 Å². The van der Waals surface area contributed by atoms with Crippen molar-refractivity contribution in [3.63, 3.8) is 0 Å². The Hall–Kier alpha value is -2.87. The summed E-state index contributed by atoms with van der Waals surface area (Å²) in [5.41, 5.74) is 0.122. The highest BCUT2D eigenvalue weighted by atomic mass is 19.1. The molecule has 1 aromatic heterocycles. The molecule has 132 valence electrons. The quantitative estimate of drug-likeness (QED) is 0.832. The molecule has 7 nitrogen and oxygen atoms in total. The van der Waals surface area contributed by atoms with Crippen LogP contribution >= 0.6 is 0 Å². The van der Waals surface area contributed by atoms with Gasteiger partial charge in [0.05, 0.1) is 11.8 Å². The van der Waals surface area contributed by atoms with E-state index in [1.807, 2.05) is 0 Å². The van der Waals surface area contributed by atoms with Gasteiger partial charge in [0.15, 0.2) is 5.76 Å². The summed E-state index contributed by atoms with van der Waals surface area (Å²) in [6.07, 6.45) is 1.82. The van der Waals surface area contributed by atoms with Gasteiger partial charge in [-0.05, 0) is 37.1 Å². The molecule has 2 N–H and O–H groups in total. The Morgan fingerprint density at radius 3 is 2.76 bits per heavy atom. The Labute approximate surface area is 142 Å². The number of carbonyl (C=O) groups is 2. The molecule has 0 bridgehead atoms. The first-order valence-electron chi connectivity index (χ1n) is 7.71. The summed E-state index contributed by atoms with van der Waals surface area (Å²) in [6, 6.07) is 6.13. The maximum Gasteiger partial charge on any atom is 0.371 e. The van der Waals surface area contributed by atoms with Crippen molar-refractivity contribution in [2.45, 2.75) is 18.9 Å². The SMILES string of the molecule is O=C(O)c1ccc(C(=O)Nc2cc(F)ccc2OCC2CCCO2)o1. The molecule has 25 heavy (non-hydrogen) atoms. The average Bonchev–Trinajstić information content (AvgIpc) is 3.26. The monoisotopic (exact) mass is 349 g/mol. The van der Waals surface area contributed by atoms with Crippen LogP contribution in [0.2, 0.25) is 0 Å². The molecule has 0 aliphatic carbocycles. The number of benzene rings is 1. The predicted molar refractivity (Wildman–Crippen MR) is 84.5 cm³/mol. The number of carbonyl (C=O) groups excluding carboxylic acids is 1. The van der Waals surface area contributed by atoms with E-state index in [-0.39, 0.29) is 29.1 Å². The van der Waals surface area contributed by atoms with Crippen LogP contribution in [0.5, 0.6) is 5.75 Å². The Kier molecular flexibility index (Phi) is 4.99. The number of ether oxygens (including phenoxy) is 2. The zero-order valence-electron chi connectivity index (χ0n) is 13.2. The van der Waals surface area contributed by atoms with Crippen LogP contribution in [-0.2, 0) is 4.74 Å². The number of halogens is 1. The van der Waals surface area contributed by atoms with E-state index in [1.165, 1.54) is 18.2 Å². The van der Waals surface area contributed by atoms with Gasteiger partial charge in [0.2, 0.25) is 5.76 Å². The number of amides is 1. The maximum absolute atomic E-state index is 13.5. The van der Waals surface area contributed by atoms with Crippen LogP contribution in [0.1, 0.15) is 34.0 Å². The second-order valence-electron chi connectivity index (χ2n) is 5.51. The van der Waals surface area contributed by atoms with Crippen LogP contribution in [-0.4, -0.2) is 36.3 Å². The van der Waals surface area contributed by atoms with E-state index in [0.717, 1.165) is 25.0 Å². The first kappa shape index (κ1) is 17.0. The minimum absolute atomic E-state index is 0.0307. The van der Waals surface area contributed by atoms with E-state index in [1.54, 1.807) is 0 Å². The average molecular weight is 349 g/mol. The molecule has 1 fully saturated rings. The lowest BCUT2D eigenvalue weighted by Crippen LogP contribution is -2.18. The van der Waals surface area contributed by atoms with Crippen LogP contribution in [0.15, 0.2) is 34.7 Å². The van der Waals surface area contributed by atoms with Gasteiger partial charge in [0, 0.05) is 12.7 Å². The second-order valence-corrected chi connectivity index (χ2v) is 5.51. The fourth-order valence-electron chi connectivity index (χ4n) is 2.44. The van der Waals surface area contributed by atoms with Crippen molar-refractivity contribution in [1.29, 1.82) is 0 Å². The van der Waals surface area contributed by atoms with Gasteiger partial charge in [0.1, 0.15) is 18.2 Å². The molecule has 0 radical (unpaired) electrons. The molecule has 1 aliphatic heterocycles. The van der Waals surface area contributed by atoms with E-state index in [4.69, 9.17) is 19.0 Å². The molecule has 2 heterocycles. The van der Waals surface area contributed by atoms with Crippen LogP contribution in [0.3, 0.4) is 0 Å². The predicted octanol–water partition coefficient (Wildman–Crippen LogP) is 2.93. The number of carboxylic acid groups (broad SMARTS) is 1. The van der Waals surface area contributed by atoms with E-state index in [0.29, 0.717) is 13.2 Å². The zero-order valence-corrected chi connectivity index (χ0v) is 13.2. The Balaban J connectivity index is 1.72. The van der Waals surface area contributed by atoms with Gasteiger partial charge in [-0.3, -0.25) is 4.79 Å². The van der Waals surface area contributed by atoms with Crippen molar-refractivity contribution in [3.8, 4) is 5.75 Å². The van der Waals surface area contributed by atoms with Crippen molar-refractivity contribution in [1.82, 2.24) is 0 Å². The van der Waals surface area contributed by atoms with Gasteiger partial charge in [-0.2, -0.15) is 0 Å². The van der Waals surface area contributed by atoms with Crippen LogP contribution < -0.4 is 10.1 Å². The summed E-state index contributed by atoms with van der Waals surface area (Å²) >= 11 is 0. The molecule has 1 unspecified atom stereocenters. The van der Waals surface area contributed by atoms with E-state index >= 15 is 0 Å². The van der Waals surface area contributed by atoms with Crippen molar-refractivity contribution in [3.05, 3.63) is 47.7 Å². The van der Waals surface area contributed by atoms with Crippen LogP contribution in [0, 0.1) is 5.82 Å². The number of carboxylic acids is 1. The highest BCUT2D eigenvalue weighted by Crippen LogP contribution is 2.27. The molecule has 2 aromatic rings. The third kappa shape index (κ3) is 4.16. The van der Waals surface area contributed by atoms with Gasteiger partial charge in [0.25, 0.3) is 5.91 Å². The number of furan rings is 1. The number of aromatic carboxylic acids is 1. The number of rotatable bonds is 6. The highest BCUT2D eigenvalue weighted by molar-refractivity contribution is 6.03. The lowest BCUT2D eigenvalue weighted by molar-refractivity contribution is 0.0660. The van der Waals surface area contributed by atoms with Crippen LogP contribution in [0.25, 0.3) is 0 Å².